The number of carbonyl (C=O) groups is 1. The first-order valence-corrected chi connectivity index (χ1v) is 8.97. The van der Waals surface area contributed by atoms with Gasteiger partial charge in [0.1, 0.15) is 5.75 Å². The Morgan fingerprint density at radius 2 is 1.92 bits per heavy atom. The summed E-state index contributed by atoms with van der Waals surface area (Å²) >= 11 is 7.54. The predicted molar refractivity (Wildman–Crippen MR) is 108 cm³/mol. The van der Waals surface area contributed by atoms with Crippen molar-refractivity contribution < 1.29 is 14.6 Å². The van der Waals surface area contributed by atoms with Gasteiger partial charge in [0.05, 0.1) is 7.11 Å². The summed E-state index contributed by atoms with van der Waals surface area (Å²) in [6.07, 6.45) is 2.74. The molecule has 1 heterocycles. The molecule has 0 aliphatic carbocycles. The zero-order valence-corrected chi connectivity index (χ0v) is 15.5. The highest BCUT2D eigenvalue weighted by Gasteiger charge is 2.17. The highest BCUT2D eigenvalue weighted by atomic mass is 35.5. The molecule has 0 amide bonds. The van der Waals surface area contributed by atoms with Gasteiger partial charge in [-0.05, 0) is 47.4 Å². The van der Waals surface area contributed by atoms with E-state index in [9.17, 15) is 4.79 Å². The third kappa shape index (κ3) is 3.74. The lowest BCUT2D eigenvalue weighted by molar-refractivity contribution is -0.131. The summed E-state index contributed by atoms with van der Waals surface area (Å²) in [5.41, 5.74) is 10.2. The molecule has 26 heavy (non-hydrogen) atoms. The van der Waals surface area contributed by atoms with Gasteiger partial charge in [0.25, 0.3) is 0 Å². The number of hydrogen-bond donors (Lipinski definition) is 2. The first kappa shape index (κ1) is 18.0. The van der Waals surface area contributed by atoms with E-state index >= 15 is 0 Å². The molecule has 0 fully saturated rings. The molecule has 1 aromatic heterocycles. The summed E-state index contributed by atoms with van der Waals surface area (Å²) in [4.78, 5) is 11.8. The van der Waals surface area contributed by atoms with E-state index in [1.807, 2.05) is 35.7 Å². The van der Waals surface area contributed by atoms with Crippen molar-refractivity contribution in [1.82, 2.24) is 0 Å². The Bertz CT molecular complexity index is 977. The number of benzene rings is 2. The lowest BCUT2D eigenvalue weighted by atomic mass is 9.96. The standard InChI is InChI=1S/C20H16ClNO3S/c1-25-17-10-13(21)4-7-15(17)16-11-26-18(8-9-19(23)24)20(16)12-2-5-14(22)6-3-12/h2-11H,22H2,1H3,(H,23,24). The molecule has 4 nitrogen and oxygen atoms in total. The number of carboxylic acids is 1. The summed E-state index contributed by atoms with van der Waals surface area (Å²) in [7, 11) is 1.59. The van der Waals surface area contributed by atoms with Crippen LogP contribution in [-0.4, -0.2) is 18.2 Å². The van der Waals surface area contributed by atoms with Crippen molar-refractivity contribution in [2.45, 2.75) is 0 Å². The fourth-order valence-corrected chi connectivity index (χ4v) is 3.82. The van der Waals surface area contributed by atoms with E-state index < -0.39 is 5.97 Å². The molecule has 6 heteroatoms. The molecule has 3 N–H and O–H groups in total. The zero-order chi connectivity index (χ0) is 18.7. The minimum absolute atomic E-state index is 0.584. The molecule has 132 valence electrons. The van der Waals surface area contributed by atoms with Gasteiger partial charge in [-0.3, -0.25) is 0 Å². The van der Waals surface area contributed by atoms with E-state index in [0.717, 1.165) is 33.2 Å². The van der Waals surface area contributed by atoms with E-state index in [0.29, 0.717) is 16.5 Å². The van der Waals surface area contributed by atoms with Crippen LogP contribution in [0.5, 0.6) is 5.75 Å². The average molecular weight is 386 g/mol. The summed E-state index contributed by atoms with van der Waals surface area (Å²) in [5.74, 6) is -0.340. The first-order chi connectivity index (χ1) is 12.5. The van der Waals surface area contributed by atoms with Crippen molar-refractivity contribution >= 4 is 40.7 Å². The van der Waals surface area contributed by atoms with Crippen LogP contribution in [0.4, 0.5) is 5.69 Å². The van der Waals surface area contributed by atoms with Gasteiger partial charge in [-0.2, -0.15) is 0 Å². The molecule has 0 radical (unpaired) electrons. The molecule has 0 aliphatic rings. The number of carboxylic acid groups (broad SMARTS) is 1. The summed E-state index contributed by atoms with van der Waals surface area (Å²) < 4.78 is 5.49. The van der Waals surface area contributed by atoms with Gasteiger partial charge < -0.3 is 15.6 Å². The van der Waals surface area contributed by atoms with E-state index in [1.165, 1.54) is 11.3 Å². The third-order valence-electron chi connectivity index (χ3n) is 3.85. The quantitative estimate of drug-likeness (QED) is 0.454. The number of ether oxygens (including phenoxy) is 1. The largest absolute Gasteiger partial charge is 0.496 e. The van der Waals surface area contributed by atoms with Crippen LogP contribution in [0, 0.1) is 0 Å². The van der Waals surface area contributed by atoms with Crippen LogP contribution in [-0.2, 0) is 4.79 Å². The summed E-state index contributed by atoms with van der Waals surface area (Å²) in [6, 6.07) is 12.9. The van der Waals surface area contributed by atoms with Crippen LogP contribution < -0.4 is 10.5 Å². The van der Waals surface area contributed by atoms with Gasteiger partial charge in [-0.25, -0.2) is 4.79 Å². The SMILES string of the molecule is COc1cc(Cl)ccc1-c1csc(C=CC(=O)O)c1-c1ccc(N)cc1. The number of aliphatic carboxylic acids is 1. The Morgan fingerprint density at radius 3 is 2.58 bits per heavy atom. The van der Waals surface area contributed by atoms with Crippen molar-refractivity contribution in [2.75, 3.05) is 12.8 Å². The minimum Gasteiger partial charge on any atom is -0.496 e. The Hall–Kier alpha value is -2.76. The Labute approximate surface area is 160 Å². The van der Waals surface area contributed by atoms with Crippen LogP contribution in [0.1, 0.15) is 4.88 Å². The molecule has 0 aliphatic heterocycles. The van der Waals surface area contributed by atoms with Crippen LogP contribution in [0.3, 0.4) is 0 Å². The number of anilines is 1. The maximum absolute atomic E-state index is 10.9. The number of halogens is 1. The minimum atomic E-state index is -0.993. The van der Waals surface area contributed by atoms with Crippen LogP contribution >= 0.6 is 22.9 Å². The lowest BCUT2D eigenvalue weighted by Gasteiger charge is -2.11. The highest BCUT2D eigenvalue weighted by molar-refractivity contribution is 7.12. The van der Waals surface area contributed by atoms with Crippen LogP contribution in [0.15, 0.2) is 53.9 Å². The van der Waals surface area contributed by atoms with Crippen LogP contribution in [0.2, 0.25) is 5.02 Å². The molecular weight excluding hydrogens is 370 g/mol. The fraction of sp³-hybridized carbons (Fsp3) is 0.0500. The second-order valence-corrected chi connectivity index (χ2v) is 6.87. The lowest BCUT2D eigenvalue weighted by Crippen LogP contribution is -1.90. The Kier molecular flexibility index (Phi) is 5.30. The molecule has 0 saturated carbocycles. The van der Waals surface area contributed by atoms with E-state index in [-0.39, 0.29) is 0 Å². The number of nitrogen functional groups attached to an aromatic ring is 1. The van der Waals surface area contributed by atoms with Crippen molar-refractivity contribution in [2.24, 2.45) is 0 Å². The smallest absolute Gasteiger partial charge is 0.328 e. The van der Waals surface area contributed by atoms with Crippen molar-refractivity contribution in [3.8, 4) is 28.0 Å². The molecular formula is C20H16ClNO3S. The molecule has 0 spiro atoms. The molecule has 2 aromatic carbocycles. The topological polar surface area (TPSA) is 72.5 Å². The molecule has 3 rings (SSSR count). The molecule has 0 unspecified atom stereocenters. The van der Waals surface area contributed by atoms with E-state index in [1.54, 1.807) is 25.3 Å². The van der Waals surface area contributed by atoms with Gasteiger partial charge in [-0.1, -0.05) is 23.7 Å². The van der Waals surface area contributed by atoms with Gasteiger partial charge in [-0.15, -0.1) is 11.3 Å². The first-order valence-electron chi connectivity index (χ1n) is 7.72. The fourth-order valence-electron chi connectivity index (χ4n) is 2.68. The number of rotatable bonds is 5. The van der Waals surface area contributed by atoms with Gasteiger partial charge in [0, 0.05) is 38.4 Å². The molecule has 0 atom stereocenters. The monoisotopic (exact) mass is 385 g/mol. The van der Waals surface area contributed by atoms with E-state index in [2.05, 4.69) is 0 Å². The van der Waals surface area contributed by atoms with Gasteiger partial charge >= 0.3 is 5.97 Å². The van der Waals surface area contributed by atoms with Crippen molar-refractivity contribution in [1.29, 1.82) is 0 Å². The number of methoxy groups -OCH3 is 1. The second-order valence-electron chi connectivity index (χ2n) is 5.53. The molecule has 3 aromatic rings. The number of thiophene rings is 1. The van der Waals surface area contributed by atoms with Crippen molar-refractivity contribution in [3.63, 3.8) is 0 Å². The summed E-state index contributed by atoms with van der Waals surface area (Å²) in [5, 5.41) is 11.5. The van der Waals surface area contributed by atoms with Gasteiger partial charge in [0.15, 0.2) is 0 Å². The molecule has 0 saturated heterocycles. The number of nitrogens with two attached hydrogens (primary N) is 1. The normalized spacial score (nSPS) is 11.0. The third-order valence-corrected chi connectivity index (χ3v) is 5.03. The Balaban J connectivity index is 2.23. The maximum atomic E-state index is 10.9. The number of hydrogen-bond acceptors (Lipinski definition) is 4. The van der Waals surface area contributed by atoms with Gasteiger partial charge in [0.2, 0.25) is 0 Å². The predicted octanol–water partition coefficient (Wildman–Crippen LogP) is 5.42. The summed E-state index contributed by atoms with van der Waals surface area (Å²) in [6.45, 7) is 0. The maximum Gasteiger partial charge on any atom is 0.328 e. The Morgan fingerprint density at radius 1 is 1.19 bits per heavy atom. The average Bonchev–Trinajstić information content (AvgIpc) is 3.04. The zero-order valence-electron chi connectivity index (χ0n) is 13.9. The van der Waals surface area contributed by atoms with E-state index in [4.69, 9.17) is 27.2 Å². The van der Waals surface area contributed by atoms with Crippen LogP contribution in [0.25, 0.3) is 28.3 Å². The molecule has 0 bridgehead atoms. The second kappa shape index (κ2) is 7.64. The highest BCUT2D eigenvalue weighted by Crippen LogP contribution is 2.44. The van der Waals surface area contributed by atoms with Crippen molar-refractivity contribution in [3.05, 3.63) is 63.8 Å².